The summed E-state index contributed by atoms with van der Waals surface area (Å²) in [6.45, 7) is 17.0. The fourth-order valence-corrected chi connectivity index (χ4v) is 7.36. The first-order valence-corrected chi connectivity index (χ1v) is 21.7. The van der Waals surface area contributed by atoms with Gasteiger partial charge in [0.25, 0.3) is 0 Å². The monoisotopic (exact) mass is 876 g/mol. The van der Waals surface area contributed by atoms with Crippen molar-refractivity contribution in [2.24, 2.45) is 11.8 Å². The van der Waals surface area contributed by atoms with Crippen molar-refractivity contribution >= 4 is 51.2 Å². The van der Waals surface area contributed by atoms with Crippen molar-refractivity contribution in [3.63, 3.8) is 0 Å². The molecule has 2 unspecified atom stereocenters. The van der Waals surface area contributed by atoms with Crippen molar-refractivity contribution in [2.75, 3.05) is 37.0 Å². The molecule has 0 bridgehead atoms. The molecule has 2 aromatic rings. The third-order valence-electron chi connectivity index (χ3n) is 9.96. The molecule has 61 heavy (non-hydrogen) atoms. The second kappa shape index (κ2) is 18.9. The molecule has 2 aromatic carbocycles. The number of amides is 4. The summed E-state index contributed by atoms with van der Waals surface area (Å²) in [5.74, 6) is -0.00604. The lowest BCUT2D eigenvalue weighted by Gasteiger charge is -2.34. The van der Waals surface area contributed by atoms with E-state index in [0.29, 0.717) is 25.3 Å². The van der Waals surface area contributed by atoms with Crippen LogP contribution in [0.3, 0.4) is 0 Å². The van der Waals surface area contributed by atoms with Gasteiger partial charge in [0.2, 0.25) is 17.7 Å². The quantitative estimate of drug-likeness (QED) is 0.218. The summed E-state index contributed by atoms with van der Waals surface area (Å²) in [6.07, 6.45) is 5.99. The topological polar surface area (TPSA) is 143 Å². The largest absolute Gasteiger partial charge is 0.534 e. The van der Waals surface area contributed by atoms with Crippen LogP contribution in [0.5, 0.6) is 0 Å². The van der Waals surface area contributed by atoms with Crippen molar-refractivity contribution < 1.29 is 54.4 Å². The van der Waals surface area contributed by atoms with Gasteiger partial charge in [-0.3, -0.25) is 14.5 Å². The number of ether oxygens (including phenoxy) is 2. The van der Waals surface area contributed by atoms with Gasteiger partial charge in [0.15, 0.2) is 0 Å². The van der Waals surface area contributed by atoms with Crippen LogP contribution in [0.25, 0.3) is 5.70 Å². The first-order chi connectivity index (χ1) is 28.1. The third-order valence-corrected chi connectivity index (χ3v) is 10.9. The Kier molecular flexibility index (Phi) is 15.1. The summed E-state index contributed by atoms with van der Waals surface area (Å²) < 4.78 is 74.1. The number of rotatable bonds is 3. The van der Waals surface area contributed by atoms with E-state index in [4.69, 9.17) is 9.47 Å². The number of allylic oxidation sites excluding steroid dienone is 2. The zero-order valence-electron chi connectivity index (χ0n) is 36.9. The zero-order chi connectivity index (χ0) is 45.8. The lowest BCUT2D eigenvalue weighted by molar-refractivity contribution is -0.119. The Morgan fingerprint density at radius 3 is 1.66 bits per heavy atom. The SMILES string of the molecule is CC1CC=C(OS(=O)(=O)C(F)(F)F)N(C(=O)OC(C)(C)C)C1.CC1CC=C(c2ccc3c(c2)CCC(=O)N3C)N(C(=O)OC(C)(C)C)C1.Cc1ccc2c(c1)CCC(=O)N2C. The smallest absolute Gasteiger partial charge is 0.443 e. The van der Waals surface area contributed by atoms with Gasteiger partial charge < -0.3 is 23.5 Å². The molecule has 6 rings (SSSR count). The molecule has 4 aliphatic rings. The Morgan fingerprint density at radius 1 is 0.689 bits per heavy atom. The first kappa shape index (κ1) is 48.6. The number of aryl methyl sites for hydroxylation is 3. The maximum atomic E-state index is 12.7. The Morgan fingerprint density at radius 2 is 1.15 bits per heavy atom. The van der Waals surface area contributed by atoms with E-state index in [2.05, 4.69) is 36.2 Å². The van der Waals surface area contributed by atoms with Crippen LogP contribution in [0.1, 0.15) is 103 Å². The van der Waals surface area contributed by atoms with Crippen LogP contribution in [-0.4, -0.2) is 86.1 Å². The molecule has 0 saturated carbocycles. The summed E-state index contributed by atoms with van der Waals surface area (Å²) in [7, 11) is -2.19. The predicted octanol–water partition coefficient (Wildman–Crippen LogP) is 9.09. The fraction of sp³-hybridized carbons (Fsp3) is 0.545. The number of fused-ring (bicyclic) bond motifs is 2. The maximum Gasteiger partial charge on any atom is 0.534 e. The van der Waals surface area contributed by atoms with Crippen LogP contribution >= 0.6 is 0 Å². The molecule has 13 nitrogen and oxygen atoms in total. The second-order valence-electron chi connectivity index (χ2n) is 17.9. The van der Waals surface area contributed by atoms with Crippen molar-refractivity contribution in [2.45, 2.75) is 118 Å². The average Bonchev–Trinajstić information content (AvgIpc) is 3.14. The van der Waals surface area contributed by atoms with E-state index in [-0.39, 0.29) is 36.8 Å². The van der Waals surface area contributed by atoms with Gasteiger partial charge in [-0.05, 0) is 127 Å². The third kappa shape index (κ3) is 13.0. The van der Waals surface area contributed by atoms with E-state index in [1.165, 1.54) is 11.1 Å². The molecule has 0 spiro atoms. The van der Waals surface area contributed by atoms with E-state index in [1.54, 1.807) is 42.4 Å². The molecule has 0 aliphatic carbocycles. The van der Waals surface area contributed by atoms with Crippen LogP contribution in [-0.2, 0) is 46.2 Å². The number of alkyl halides is 3. The molecule has 17 heteroatoms. The minimum Gasteiger partial charge on any atom is -0.443 e. The minimum absolute atomic E-state index is 0.00583. The number of carbonyl (C=O) groups excluding carboxylic acids is 4. The van der Waals surface area contributed by atoms with E-state index in [0.717, 1.165) is 58.4 Å². The molecule has 4 heterocycles. The van der Waals surface area contributed by atoms with Crippen molar-refractivity contribution in [3.8, 4) is 0 Å². The van der Waals surface area contributed by atoms with Crippen LogP contribution in [0.2, 0.25) is 0 Å². The lowest BCUT2D eigenvalue weighted by atomic mass is 9.94. The van der Waals surface area contributed by atoms with E-state index >= 15 is 0 Å². The summed E-state index contributed by atoms with van der Waals surface area (Å²) >= 11 is 0. The lowest BCUT2D eigenvalue weighted by Crippen LogP contribution is -2.42. The Bertz CT molecular complexity index is 2160. The molecule has 0 N–H and O–H groups in total. The molecule has 336 valence electrons. The highest BCUT2D eigenvalue weighted by Crippen LogP contribution is 2.35. The highest BCUT2D eigenvalue weighted by molar-refractivity contribution is 7.87. The van der Waals surface area contributed by atoms with Gasteiger partial charge in [-0.2, -0.15) is 21.6 Å². The number of hydrogen-bond donors (Lipinski definition) is 0. The van der Waals surface area contributed by atoms with Gasteiger partial charge >= 0.3 is 27.8 Å². The van der Waals surface area contributed by atoms with Crippen molar-refractivity contribution in [3.05, 3.63) is 76.7 Å². The average molecular weight is 877 g/mol. The zero-order valence-corrected chi connectivity index (χ0v) is 37.8. The van der Waals surface area contributed by atoms with Crippen LogP contribution in [0, 0.1) is 18.8 Å². The van der Waals surface area contributed by atoms with E-state index in [1.807, 2.05) is 59.1 Å². The molecule has 4 amide bonds. The summed E-state index contributed by atoms with van der Waals surface area (Å²) in [5.41, 5.74) is 0.658. The predicted molar refractivity (Wildman–Crippen MR) is 227 cm³/mol. The van der Waals surface area contributed by atoms with Gasteiger partial charge in [-0.1, -0.05) is 43.7 Å². The highest BCUT2D eigenvalue weighted by atomic mass is 32.2. The van der Waals surface area contributed by atoms with Crippen molar-refractivity contribution in [1.82, 2.24) is 9.80 Å². The Hall–Kier alpha value is -5.06. The van der Waals surface area contributed by atoms with Crippen LogP contribution < -0.4 is 9.80 Å². The summed E-state index contributed by atoms with van der Waals surface area (Å²) in [6, 6.07) is 12.3. The second-order valence-corrected chi connectivity index (χ2v) is 19.4. The molecule has 4 aliphatic heterocycles. The number of halogens is 3. The van der Waals surface area contributed by atoms with E-state index in [9.17, 15) is 40.8 Å². The number of anilines is 2. The summed E-state index contributed by atoms with van der Waals surface area (Å²) in [4.78, 5) is 54.0. The molecule has 0 saturated heterocycles. The molecule has 2 atom stereocenters. The first-order valence-electron chi connectivity index (χ1n) is 20.2. The van der Waals surface area contributed by atoms with Crippen LogP contribution in [0.15, 0.2) is 54.4 Å². The minimum atomic E-state index is -5.84. The number of benzene rings is 2. The molecular formula is C44H59F3N4O9S. The normalized spacial score (nSPS) is 19.5. The number of nitrogens with zero attached hydrogens (tertiary/aromatic N) is 4. The highest BCUT2D eigenvalue weighted by Gasteiger charge is 2.50. The molecule has 0 fully saturated rings. The Labute approximate surface area is 357 Å². The standard InChI is InChI=1S/C21H28N2O3.C12H18F3NO5S.C11H13NO/c1-14-6-9-18(23(13-14)20(25)26-21(2,3)4)16-7-10-17-15(12-16)8-11-19(24)22(17)5;1-8-5-6-9(21-22(18,19)12(13,14)15)16(7-8)10(17)20-11(2,3)4;1-8-3-5-10-9(7-8)4-6-11(13)12(10)2/h7,9-10,12,14H,6,8,11,13H2,1-5H3;6,8H,5,7H2,1-4H3;3,5,7H,4,6H2,1-2H3. The Balaban J connectivity index is 0.000000212. The van der Waals surface area contributed by atoms with Gasteiger partial charge in [0, 0.05) is 51.4 Å². The van der Waals surface area contributed by atoms with E-state index < -0.39 is 38.8 Å². The number of carbonyl (C=O) groups is 4. The van der Waals surface area contributed by atoms with Gasteiger partial charge in [0.1, 0.15) is 11.2 Å². The van der Waals surface area contributed by atoms with Crippen molar-refractivity contribution in [1.29, 1.82) is 0 Å². The molecule has 0 radical (unpaired) electrons. The van der Waals surface area contributed by atoms with Crippen LogP contribution in [0.4, 0.5) is 34.1 Å². The van der Waals surface area contributed by atoms with Gasteiger partial charge in [-0.25, -0.2) is 14.5 Å². The number of hydrogen-bond acceptors (Lipinski definition) is 9. The summed E-state index contributed by atoms with van der Waals surface area (Å²) in [5, 5.41) is 0. The van der Waals surface area contributed by atoms with Gasteiger partial charge in [-0.15, -0.1) is 0 Å². The van der Waals surface area contributed by atoms with Gasteiger partial charge in [0.05, 0.1) is 5.70 Å². The maximum absolute atomic E-state index is 12.7. The fourth-order valence-electron chi connectivity index (χ4n) is 6.88. The molecular weight excluding hydrogens is 818 g/mol. The molecule has 0 aromatic heterocycles.